The predicted octanol–water partition coefficient (Wildman–Crippen LogP) is 3.81. The van der Waals surface area contributed by atoms with Gasteiger partial charge in [0.25, 0.3) is 0 Å². The van der Waals surface area contributed by atoms with Crippen molar-refractivity contribution in [2.45, 2.75) is 77.2 Å². The van der Waals surface area contributed by atoms with Crippen LogP contribution in [0, 0.1) is 11.3 Å². The Bertz CT molecular complexity index is 284. The minimum absolute atomic E-state index is 0.625. The van der Waals surface area contributed by atoms with Crippen LogP contribution in [-0.2, 0) is 0 Å². The Balaban J connectivity index is 1.46. The highest BCUT2D eigenvalue weighted by atomic mass is 15.1. The molecular weight excluding hydrogens is 244 g/mol. The van der Waals surface area contributed by atoms with E-state index in [1.54, 1.807) is 0 Å². The first-order valence-electron chi connectivity index (χ1n) is 9.25. The Morgan fingerprint density at radius 1 is 1.05 bits per heavy atom. The summed E-state index contributed by atoms with van der Waals surface area (Å²) >= 11 is 0. The van der Waals surface area contributed by atoms with Crippen LogP contribution >= 0.6 is 0 Å². The molecule has 2 saturated carbocycles. The second kappa shape index (κ2) is 6.79. The molecule has 1 saturated heterocycles. The predicted molar refractivity (Wildman–Crippen MR) is 86.0 cm³/mol. The maximum absolute atomic E-state index is 3.83. The molecular formula is C18H34N2. The van der Waals surface area contributed by atoms with Crippen LogP contribution in [0.1, 0.15) is 71.1 Å². The second-order valence-electron chi connectivity index (χ2n) is 7.87. The molecule has 3 rings (SSSR count). The summed E-state index contributed by atoms with van der Waals surface area (Å²) in [5.41, 5.74) is 0.625. The molecule has 2 nitrogen and oxygen atoms in total. The normalized spacial score (nSPS) is 28.1. The molecule has 2 heteroatoms. The zero-order valence-corrected chi connectivity index (χ0v) is 13.5. The second-order valence-corrected chi connectivity index (χ2v) is 7.87. The first-order valence-corrected chi connectivity index (χ1v) is 9.25. The van der Waals surface area contributed by atoms with Crippen molar-refractivity contribution >= 4 is 0 Å². The molecule has 0 aromatic heterocycles. The molecule has 1 N–H and O–H groups in total. The van der Waals surface area contributed by atoms with Gasteiger partial charge < -0.3 is 10.2 Å². The van der Waals surface area contributed by atoms with Gasteiger partial charge in [0.05, 0.1) is 0 Å². The number of rotatable bonds is 7. The smallest absolute Gasteiger partial charge is 0.00684 e. The quantitative estimate of drug-likeness (QED) is 0.762. The highest BCUT2D eigenvalue weighted by Crippen LogP contribution is 2.40. The molecule has 3 fully saturated rings. The van der Waals surface area contributed by atoms with Gasteiger partial charge in [0, 0.05) is 19.1 Å². The minimum Gasteiger partial charge on any atom is -0.313 e. The summed E-state index contributed by atoms with van der Waals surface area (Å²) in [6.07, 6.45) is 14.5. The summed E-state index contributed by atoms with van der Waals surface area (Å²) in [4.78, 5) is 2.80. The molecule has 1 heterocycles. The van der Waals surface area contributed by atoms with Crippen LogP contribution in [0.5, 0.6) is 0 Å². The van der Waals surface area contributed by atoms with E-state index in [-0.39, 0.29) is 0 Å². The maximum Gasteiger partial charge on any atom is 0.00684 e. The molecule has 20 heavy (non-hydrogen) atoms. The zero-order chi connectivity index (χ0) is 13.8. The van der Waals surface area contributed by atoms with Crippen LogP contribution in [0.4, 0.5) is 0 Å². The minimum atomic E-state index is 0.625. The number of nitrogens with zero attached hydrogens (tertiary/aromatic N) is 1. The van der Waals surface area contributed by atoms with Crippen LogP contribution < -0.4 is 5.32 Å². The van der Waals surface area contributed by atoms with Crippen LogP contribution in [0.15, 0.2) is 0 Å². The molecule has 1 aliphatic heterocycles. The van der Waals surface area contributed by atoms with Crippen molar-refractivity contribution in [3.05, 3.63) is 0 Å². The van der Waals surface area contributed by atoms with Crippen LogP contribution in [0.3, 0.4) is 0 Å². The van der Waals surface area contributed by atoms with Crippen molar-refractivity contribution in [3.63, 3.8) is 0 Å². The Morgan fingerprint density at radius 3 is 2.35 bits per heavy atom. The third-order valence-electron chi connectivity index (χ3n) is 5.97. The van der Waals surface area contributed by atoms with E-state index >= 15 is 0 Å². The van der Waals surface area contributed by atoms with Crippen molar-refractivity contribution < 1.29 is 0 Å². The van der Waals surface area contributed by atoms with Gasteiger partial charge in [-0.05, 0) is 62.9 Å². The van der Waals surface area contributed by atoms with Gasteiger partial charge >= 0.3 is 0 Å². The summed E-state index contributed by atoms with van der Waals surface area (Å²) in [6, 6.07) is 0.878. The van der Waals surface area contributed by atoms with Crippen LogP contribution in [0.2, 0.25) is 0 Å². The summed E-state index contributed by atoms with van der Waals surface area (Å²) in [6.45, 7) is 7.76. The van der Waals surface area contributed by atoms with Crippen molar-refractivity contribution in [1.29, 1.82) is 0 Å². The van der Waals surface area contributed by atoms with E-state index in [0.29, 0.717) is 5.41 Å². The van der Waals surface area contributed by atoms with Gasteiger partial charge in [-0.2, -0.15) is 0 Å². The van der Waals surface area contributed by atoms with E-state index in [2.05, 4.69) is 17.1 Å². The van der Waals surface area contributed by atoms with Crippen molar-refractivity contribution in [1.82, 2.24) is 10.2 Å². The number of likely N-dealkylation sites (tertiary alicyclic amines) is 1. The fraction of sp³-hybridized carbons (Fsp3) is 1.00. The van der Waals surface area contributed by atoms with Crippen molar-refractivity contribution in [2.75, 3.05) is 26.2 Å². The van der Waals surface area contributed by atoms with E-state index in [9.17, 15) is 0 Å². The van der Waals surface area contributed by atoms with Gasteiger partial charge in [0.1, 0.15) is 0 Å². The summed E-state index contributed by atoms with van der Waals surface area (Å²) < 4.78 is 0. The van der Waals surface area contributed by atoms with Gasteiger partial charge in [0.2, 0.25) is 0 Å². The largest absolute Gasteiger partial charge is 0.313 e. The van der Waals surface area contributed by atoms with Gasteiger partial charge in [-0.15, -0.1) is 0 Å². The van der Waals surface area contributed by atoms with E-state index < -0.39 is 0 Å². The Hall–Kier alpha value is -0.0800. The number of hydrogen-bond acceptors (Lipinski definition) is 2. The summed E-state index contributed by atoms with van der Waals surface area (Å²) in [7, 11) is 0. The first kappa shape index (κ1) is 14.8. The molecule has 2 aliphatic carbocycles. The highest BCUT2D eigenvalue weighted by molar-refractivity contribution is 4.93. The third-order valence-corrected chi connectivity index (χ3v) is 5.97. The average molecular weight is 278 g/mol. The zero-order valence-electron chi connectivity index (χ0n) is 13.5. The Labute approximate surface area is 125 Å². The molecule has 0 aromatic rings. The topological polar surface area (TPSA) is 15.3 Å². The molecule has 0 spiro atoms. The number of nitrogens with one attached hydrogen (secondary N) is 1. The standard InChI is InChI=1S/C18H34N2/c1-2-5-16-8-12-20(13-9-16)15-18(10-3-4-11-18)14-19-17-6-7-17/h16-17,19H,2-15H2,1H3. The lowest BCUT2D eigenvalue weighted by Gasteiger charge is -2.39. The lowest BCUT2D eigenvalue weighted by atomic mass is 9.83. The van der Waals surface area contributed by atoms with Crippen molar-refractivity contribution in [3.8, 4) is 0 Å². The fourth-order valence-corrected chi connectivity index (χ4v) is 4.48. The van der Waals surface area contributed by atoms with Gasteiger partial charge in [-0.3, -0.25) is 0 Å². The summed E-state index contributed by atoms with van der Waals surface area (Å²) in [5.74, 6) is 1.03. The molecule has 0 unspecified atom stereocenters. The third kappa shape index (κ3) is 3.98. The van der Waals surface area contributed by atoms with Gasteiger partial charge in [-0.1, -0.05) is 32.6 Å². The number of hydrogen-bond donors (Lipinski definition) is 1. The van der Waals surface area contributed by atoms with E-state index in [1.807, 2.05) is 0 Å². The lowest BCUT2D eigenvalue weighted by Crippen LogP contribution is -2.45. The maximum atomic E-state index is 3.83. The monoisotopic (exact) mass is 278 g/mol. The van der Waals surface area contributed by atoms with Crippen LogP contribution in [0.25, 0.3) is 0 Å². The van der Waals surface area contributed by atoms with Gasteiger partial charge in [-0.25, -0.2) is 0 Å². The SMILES string of the molecule is CCCC1CCN(CC2(CNC3CC3)CCCC2)CC1. The molecule has 3 aliphatic rings. The van der Waals surface area contributed by atoms with Gasteiger partial charge in [0.15, 0.2) is 0 Å². The highest BCUT2D eigenvalue weighted by Gasteiger charge is 2.37. The molecule has 0 amide bonds. The van der Waals surface area contributed by atoms with E-state index in [4.69, 9.17) is 0 Å². The fourth-order valence-electron chi connectivity index (χ4n) is 4.48. The summed E-state index contributed by atoms with van der Waals surface area (Å²) in [5, 5.41) is 3.83. The molecule has 0 bridgehead atoms. The van der Waals surface area contributed by atoms with Crippen LogP contribution in [-0.4, -0.2) is 37.1 Å². The average Bonchev–Trinajstić information content (AvgIpc) is 3.19. The Kier molecular flexibility index (Phi) is 5.04. The van der Waals surface area contributed by atoms with Crippen molar-refractivity contribution in [2.24, 2.45) is 11.3 Å². The van der Waals surface area contributed by atoms with E-state index in [1.165, 1.54) is 90.4 Å². The molecule has 116 valence electrons. The molecule has 0 radical (unpaired) electrons. The number of piperidine rings is 1. The molecule has 0 aromatic carbocycles. The Morgan fingerprint density at radius 2 is 1.75 bits per heavy atom. The van der Waals surface area contributed by atoms with E-state index in [0.717, 1.165) is 12.0 Å². The first-order chi connectivity index (χ1) is 9.80. The lowest BCUT2D eigenvalue weighted by molar-refractivity contribution is 0.107. The molecule has 0 atom stereocenters.